The van der Waals surface area contributed by atoms with E-state index < -0.39 is 5.92 Å². The van der Waals surface area contributed by atoms with Crippen molar-refractivity contribution in [2.45, 2.75) is 11.3 Å². The number of hydrogen-bond acceptors (Lipinski definition) is 3. The van der Waals surface area contributed by atoms with Crippen LogP contribution in [0.2, 0.25) is 5.02 Å². The first-order valence-corrected chi connectivity index (χ1v) is 10.1. The fourth-order valence-corrected chi connectivity index (χ4v) is 3.85. The van der Waals surface area contributed by atoms with E-state index in [0.29, 0.717) is 17.3 Å². The molecule has 0 aromatic heterocycles. The van der Waals surface area contributed by atoms with Gasteiger partial charge < -0.3 is 10.2 Å². The smallest absolute Gasteiger partial charge is 0.229 e. The molecule has 1 aliphatic rings. The summed E-state index contributed by atoms with van der Waals surface area (Å²) in [6.45, 7) is 0.372. The topological polar surface area (TPSA) is 49.4 Å². The van der Waals surface area contributed by atoms with Gasteiger partial charge in [0, 0.05) is 28.0 Å². The van der Waals surface area contributed by atoms with Crippen molar-refractivity contribution in [1.82, 2.24) is 0 Å². The summed E-state index contributed by atoms with van der Waals surface area (Å²) < 4.78 is 0.839. The van der Waals surface area contributed by atoms with Gasteiger partial charge in [0.25, 0.3) is 0 Å². The minimum absolute atomic E-state index is 0.0426. The minimum Gasteiger partial charge on any atom is -0.324 e. The molecule has 0 spiro atoms. The first-order chi connectivity index (χ1) is 12.0. The van der Waals surface area contributed by atoms with E-state index in [-0.39, 0.29) is 18.2 Å². The van der Waals surface area contributed by atoms with Crippen LogP contribution in [0.25, 0.3) is 0 Å². The maximum Gasteiger partial charge on any atom is 0.229 e. The maximum atomic E-state index is 12.5. The van der Waals surface area contributed by atoms with Crippen LogP contribution >= 0.6 is 39.3 Å². The van der Waals surface area contributed by atoms with Gasteiger partial charge >= 0.3 is 0 Å². The monoisotopic (exact) mass is 438 g/mol. The van der Waals surface area contributed by atoms with E-state index in [1.165, 1.54) is 0 Å². The summed E-state index contributed by atoms with van der Waals surface area (Å²) >= 11 is 11.1. The zero-order chi connectivity index (χ0) is 18.0. The number of rotatable bonds is 4. The second-order valence-corrected chi connectivity index (χ2v) is 7.92. The molecule has 1 heterocycles. The number of thioether (sulfide) groups is 1. The van der Waals surface area contributed by atoms with Gasteiger partial charge in [-0.2, -0.15) is 0 Å². The van der Waals surface area contributed by atoms with Crippen LogP contribution in [-0.4, -0.2) is 24.6 Å². The number of benzene rings is 2. The fraction of sp³-hybridized carbons (Fsp3) is 0.222. The molecular weight excluding hydrogens is 424 g/mol. The van der Waals surface area contributed by atoms with E-state index >= 15 is 0 Å². The first kappa shape index (κ1) is 18.3. The lowest BCUT2D eigenvalue weighted by atomic mass is 10.1. The normalized spacial score (nSPS) is 17.0. The highest BCUT2D eigenvalue weighted by Crippen LogP contribution is 2.30. The third-order valence-electron chi connectivity index (χ3n) is 4.07. The zero-order valence-electron chi connectivity index (χ0n) is 13.5. The van der Waals surface area contributed by atoms with Crippen LogP contribution in [0, 0.1) is 5.92 Å². The van der Waals surface area contributed by atoms with Crippen LogP contribution in [0.5, 0.6) is 0 Å². The number of carbonyl (C=O) groups is 2. The van der Waals surface area contributed by atoms with E-state index in [2.05, 4.69) is 21.2 Å². The number of nitrogens with one attached hydrogen (secondary N) is 1. The van der Waals surface area contributed by atoms with Crippen LogP contribution in [0.1, 0.15) is 6.42 Å². The Balaban J connectivity index is 1.69. The molecule has 1 aliphatic heterocycles. The highest BCUT2D eigenvalue weighted by atomic mass is 79.9. The van der Waals surface area contributed by atoms with Gasteiger partial charge in [-0.15, -0.1) is 11.8 Å². The molecule has 1 fully saturated rings. The van der Waals surface area contributed by atoms with Crippen molar-refractivity contribution >= 4 is 62.5 Å². The van der Waals surface area contributed by atoms with Crippen molar-refractivity contribution in [3.05, 3.63) is 52.0 Å². The summed E-state index contributed by atoms with van der Waals surface area (Å²) in [4.78, 5) is 27.6. The molecule has 3 rings (SSSR count). The minimum atomic E-state index is -0.396. The summed E-state index contributed by atoms with van der Waals surface area (Å²) in [5, 5.41) is 3.27. The van der Waals surface area contributed by atoms with Crippen LogP contribution in [0.4, 0.5) is 11.4 Å². The third kappa shape index (κ3) is 4.19. The highest BCUT2D eigenvalue weighted by Gasteiger charge is 2.35. The molecule has 1 N–H and O–H groups in total. The average Bonchev–Trinajstić information content (AvgIpc) is 2.99. The molecule has 7 heteroatoms. The lowest BCUT2D eigenvalue weighted by Gasteiger charge is -2.17. The van der Waals surface area contributed by atoms with Gasteiger partial charge in [0.2, 0.25) is 11.8 Å². The van der Waals surface area contributed by atoms with Gasteiger partial charge in [0.1, 0.15) is 0 Å². The fourth-order valence-electron chi connectivity index (χ4n) is 2.72. The van der Waals surface area contributed by atoms with Crippen LogP contribution in [0.15, 0.2) is 51.8 Å². The van der Waals surface area contributed by atoms with Crippen LogP contribution in [-0.2, 0) is 9.59 Å². The molecule has 1 atom stereocenters. The van der Waals surface area contributed by atoms with Gasteiger partial charge in [0.05, 0.1) is 16.6 Å². The van der Waals surface area contributed by atoms with E-state index in [9.17, 15) is 9.59 Å². The van der Waals surface area contributed by atoms with Crippen LogP contribution < -0.4 is 10.2 Å². The van der Waals surface area contributed by atoms with E-state index in [0.717, 1.165) is 15.1 Å². The summed E-state index contributed by atoms with van der Waals surface area (Å²) in [5.74, 6) is -0.632. The SMILES string of the molecule is CSc1ccc(N2CC(C(=O)Nc3ccc(Br)cc3Cl)CC2=O)cc1. The van der Waals surface area contributed by atoms with Gasteiger partial charge in [-0.25, -0.2) is 0 Å². The van der Waals surface area contributed by atoms with Crippen molar-refractivity contribution in [2.24, 2.45) is 5.92 Å². The van der Waals surface area contributed by atoms with Crippen molar-refractivity contribution in [3.63, 3.8) is 0 Å². The summed E-state index contributed by atoms with van der Waals surface area (Å²) in [6, 6.07) is 13.0. The molecule has 0 radical (unpaired) electrons. The number of carbonyl (C=O) groups excluding carboxylic acids is 2. The van der Waals surface area contributed by atoms with Crippen molar-refractivity contribution < 1.29 is 9.59 Å². The van der Waals surface area contributed by atoms with E-state index in [1.54, 1.807) is 34.9 Å². The Morgan fingerprint density at radius 3 is 2.64 bits per heavy atom. The standard InChI is InChI=1S/C18H16BrClN2O2S/c1-25-14-5-3-13(4-6-14)22-10-11(8-17(22)23)18(24)21-16-7-2-12(19)9-15(16)20/h2-7,9,11H,8,10H2,1H3,(H,21,24). The Hall–Kier alpha value is -1.50. The average molecular weight is 440 g/mol. The van der Waals surface area contributed by atoms with Crippen molar-refractivity contribution in [3.8, 4) is 0 Å². The highest BCUT2D eigenvalue weighted by molar-refractivity contribution is 9.10. The second-order valence-electron chi connectivity index (χ2n) is 5.72. The maximum absolute atomic E-state index is 12.5. The molecule has 25 heavy (non-hydrogen) atoms. The molecule has 1 saturated heterocycles. The van der Waals surface area contributed by atoms with Crippen molar-refractivity contribution in [2.75, 3.05) is 23.0 Å². The molecule has 0 aliphatic carbocycles. The Labute approximate surface area is 164 Å². The summed E-state index contributed by atoms with van der Waals surface area (Å²) in [7, 11) is 0. The molecule has 1 unspecified atom stereocenters. The molecule has 2 aromatic rings. The molecule has 0 bridgehead atoms. The third-order valence-corrected chi connectivity index (χ3v) is 5.62. The zero-order valence-corrected chi connectivity index (χ0v) is 16.6. The first-order valence-electron chi connectivity index (χ1n) is 7.68. The number of halogens is 2. The molecule has 4 nitrogen and oxygen atoms in total. The van der Waals surface area contributed by atoms with E-state index in [4.69, 9.17) is 11.6 Å². The predicted octanol–water partition coefficient (Wildman–Crippen LogP) is 4.82. The Kier molecular flexibility index (Phi) is 5.71. The largest absolute Gasteiger partial charge is 0.324 e. The molecule has 130 valence electrons. The lowest BCUT2D eigenvalue weighted by molar-refractivity contribution is -0.122. The number of anilines is 2. The molecular formula is C18H16BrClN2O2S. The molecule has 2 amide bonds. The lowest BCUT2D eigenvalue weighted by Crippen LogP contribution is -2.28. The molecule has 2 aromatic carbocycles. The summed E-state index contributed by atoms with van der Waals surface area (Å²) in [5.41, 5.74) is 1.37. The second kappa shape index (κ2) is 7.81. The van der Waals surface area contributed by atoms with E-state index in [1.807, 2.05) is 30.5 Å². The van der Waals surface area contributed by atoms with Gasteiger partial charge in [-0.1, -0.05) is 27.5 Å². The van der Waals surface area contributed by atoms with Crippen molar-refractivity contribution in [1.29, 1.82) is 0 Å². The summed E-state index contributed by atoms with van der Waals surface area (Å²) in [6.07, 6.45) is 2.20. The quantitative estimate of drug-likeness (QED) is 0.695. The molecule has 0 saturated carbocycles. The number of amides is 2. The van der Waals surface area contributed by atoms with Crippen LogP contribution in [0.3, 0.4) is 0 Å². The van der Waals surface area contributed by atoms with Gasteiger partial charge in [0.15, 0.2) is 0 Å². The number of nitrogens with zero attached hydrogens (tertiary/aromatic N) is 1. The predicted molar refractivity (Wildman–Crippen MR) is 106 cm³/mol. The van der Waals surface area contributed by atoms with Gasteiger partial charge in [-0.05, 0) is 48.7 Å². The number of hydrogen-bond donors (Lipinski definition) is 1. The Morgan fingerprint density at radius 2 is 2.00 bits per heavy atom. The Morgan fingerprint density at radius 1 is 1.28 bits per heavy atom. The Bertz CT molecular complexity index is 813. The van der Waals surface area contributed by atoms with Gasteiger partial charge in [-0.3, -0.25) is 9.59 Å².